The molecule has 1 saturated heterocycles. The minimum absolute atomic E-state index is 0.0127. The predicted molar refractivity (Wildman–Crippen MR) is 94.2 cm³/mol. The van der Waals surface area contributed by atoms with Gasteiger partial charge in [-0.05, 0) is 47.6 Å². The zero-order chi connectivity index (χ0) is 16.0. The Labute approximate surface area is 150 Å². The Morgan fingerprint density at radius 3 is 3.09 bits per heavy atom. The zero-order valence-electron chi connectivity index (χ0n) is 12.0. The third kappa shape index (κ3) is 2.65. The standard InChI is InChI=1S/C15H12ClFIN5/c16-14-10(6-9(17)7-19-14)12-2-1-4-22(12)13-3-5-23-15(21-13)11(18)8-20-23/h3,5-8,12H,1-2,4H2. The maximum absolute atomic E-state index is 13.6. The number of hydrogen-bond donors (Lipinski definition) is 0. The van der Waals surface area contributed by atoms with Crippen LogP contribution in [0.25, 0.3) is 5.65 Å². The van der Waals surface area contributed by atoms with Crippen molar-refractivity contribution < 1.29 is 4.39 Å². The summed E-state index contributed by atoms with van der Waals surface area (Å²) in [6.07, 6.45) is 6.71. The fraction of sp³-hybridized carbons (Fsp3) is 0.267. The number of aromatic nitrogens is 4. The average Bonchev–Trinajstić information content (AvgIpc) is 3.17. The van der Waals surface area contributed by atoms with Crippen LogP contribution in [0.2, 0.25) is 5.15 Å². The smallest absolute Gasteiger partial charge is 0.170 e. The summed E-state index contributed by atoms with van der Waals surface area (Å²) in [5.41, 5.74) is 1.53. The van der Waals surface area contributed by atoms with Crippen LogP contribution < -0.4 is 4.90 Å². The van der Waals surface area contributed by atoms with Crippen molar-refractivity contribution in [2.45, 2.75) is 18.9 Å². The lowest BCUT2D eigenvalue weighted by Gasteiger charge is -2.26. The molecule has 0 amide bonds. The highest BCUT2D eigenvalue weighted by Gasteiger charge is 2.29. The number of anilines is 1. The van der Waals surface area contributed by atoms with Crippen LogP contribution in [0.3, 0.4) is 0 Å². The molecule has 1 atom stereocenters. The van der Waals surface area contributed by atoms with Gasteiger partial charge < -0.3 is 4.90 Å². The van der Waals surface area contributed by atoms with Gasteiger partial charge in [-0.25, -0.2) is 18.9 Å². The van der Waals surface area contributed by atoms with Gasteiger partial charge in [-0.2, -0.15) is 5.10 Å². The van der Waals surface area contributed by atoms with E-state index in [2.05, 4.69) is 37.6 Å². The number of halogens is 3. The number of fused-ring (bicyclic) bond motifs is 1. The molecule has 4 heterocycles. The van der Waals surface area contributed by atoms with Gasteiger partial charge in [0.05, 0.1) is 22.0 Å². The van der Waals surface area contributed by atoms with Gasteiger partial charge in [-0.1, -0.05) is 11.6 Å². The van der Waals surface area contributed by atoms with Crippen molar-refractivity contribution in [1.29, 1.82) is 0 Å². The number of hydrogen-bond acceptors (Lipinski definition) is 4. The van der Waals surface area contributed by atoms with Crippen molar-refractivity contribution in [3.63, 3.8) is 0 Å². The topological polar surface area (TPSA) is 46.3 Å². The van der Waals surface area contributed by atoms with Crippen molar-refractivity contribution in [1.82, 2.24) is 19.6 Å². The van der Waals surface area contributed by atoms with Crippen molar-refractivity contribution >= 4 is 45.7 Å². The molecule has 1 aliphatic heterocycles. The first-order valence-electron chi connectivity index (χ1n) is 7.21. The van der Waals surface area contributed by atoms with E-state index in [4.69, 9.17) is 16.6 Å². The SMILES string of the molecule is Fc1cnc(Cl)c(C2CCCN2c2ccn3ncc(I)c3n2)c1. The minimum atomic E-state index is -0.370. The summed E-state index contributed by atoms with van der Waals surface area (Å²) in [6.45, 7) is 0.853. The summed E-state index contributed by atoms with van der Waals surface area (Å²) in [5.74, 6) is 0.476. The van der Waals surface area contributed by atoms with Crippen LogP contribution in [0, 0.1) is 9.39 Å². The van der Waals surface area contributed by atoms with Crippen molar-refractivity contribution in [2.75, 3.05) is 11.4 Å². The Bertz CT molecular complexity index is 883. The quantitative estimate of drug-likeness (QED) is 0.446. The summed E-state index contributed by atoms with van der Waals surface area (Å²) in [7, 11) is 0. The van der Waals surface area contributed by atoms with Crippen molar-refractivity contribution in [3.8, 4) is 0 Å². The second-order valence-electron chi connectivity index (χ2n) is 5.43. The number of nitrogens with zero attached hydrogens (tertiary/aromatic N) is 5. The summed E-state index contributed by atoms with van der Waals surface area (Å²) >= 11 is 8.41. The van der Waals surface area contributed by atoms with Crippen LogP contribution in [-0.4, -0.2) is 26.1 Å². The summed E-state index contributed by atoms with van der Waals surface area (Å²) < 4.78 is 16.3. The van der Waals surface area contributed by atoms with Crippen LogP contribution in [0.1, 0.15) is 24.4 Å². The molecule has 1 unspecified atom stereocenters. The van der Waals surface area contributed by atoms with E-state index in [0.29, 0.717) is 10.7 Å². The van der Waals surface area contributed by atoms with E-state index in [1.807, 2.05) is 12.3 Å². The summed E-state index contributed by atoms with van der Waals surface area (Å²) in [4.78, 5) is 10.8. The Morgan fingerprint density at radius 1 is 1.35 bits per heavy atom. The second-order valence-corrected chi connectivity index (χ2v) is 6.95. The molecule has 1 aliphatic rings. The second kappa shape index (κ2) is 5.86. The molecule has 3 aromatic rings. The predicted octanol–water partition coefficient (Wildman–Crippen LogP) is 3.86. The normalized spacial score (nSPS) is 18.0. The van der Waals surface area contributed by atoms with Crippen LogP contribution in [0.15, 0.2) is 30.7 Å². The highest BCUT2D eigenvalue weighted by Crippen LogP contribution is 2.38. The molecule has 0 saturated carbocycles. The Balaban J connectivity index is 1.76. The van der Waals surface area contributed by atoms with E-state index in [1.165, 1.54) is 6.07 Å². The maximum atomic E-state index is 13.6. The van der Waals surface area contributed by atoms with Crippen molar-refractivity contribution in [2.24, 2.45) is 0 Å². The first kappa shape index (κ1) is 15.1. The van der Waals surface area contributed by atoms with Gasteiger partial charge in [-0.15, -0.1) is 0 Å². The molecule has 0 aromatic carbocycles. The molecule has 8 heteroatoms. The fourth-order valence-electron chi connectivity index (χ4n) is 3.03. The van der Waals surface area contributed by atoms with Gasteiger partial charge in [0.2, 0.25) is 0 Å². The van der Waals surface area contributed by atoms with E-state index < -0.39 is 0 Å². The third-order valence-corrected chi connectivity index (χ3v) is 5.13. The Kier molecular flexibility index (Phi) is 3.84. The molecule has 0 spiro atoms. The molecule has 0 radical (unpaired) electrons. The molecule has 118 valence electrons. The van der Waals surface area contributed by atoms with E-state index in [1.54, 1.807) is 10.7 Å². The van der Waals surface area contributed by atoms with Gasteiger partial charge in [-0.3, -0.25) is 0 Å². The third-order valence-electron chi connectivity index (χ3n) is 4.05. The van der Waals surface area contributed by atoms with Gasteiger partial charge >= 0.3 is 0 Å². The molecule has 1 fully saturated rings. The van der Waals surface area contributed by atoms with Gasteiger partial charge in [0, 0.05) is 18.3 Å². The first-order chi connectivity index (χ1) is 11.1. The summed E-state index contributed by atoms with van der Waals surface area (Å²) in [5, 5.41) is 4.59. The molecule has 5 nitrogen and oxygen atoms in total. The van der Waals surface area contributed by atoms with Crippen LogP contribution in [-0.2, 0) is 0 Å². The highest BCUT2D eigenvalue weighted by atomic mass is 127. The molecule has 0 aliphatic carbocycles. The van der Waals surface area contributed by atoms with E-state index in [-0.39, 0.29) is 11.9 Å². The van der Waals surface area contributed by atoms with Gasteiger partial charge in [0.1, 0.15) is 16.8 Å². The monoisotopic (exact) mass is 443 g/mol. The van der Waals surface area contributed by atoms with E-state index in [0.717, 1.165) is 40.6 Å². The molecule has 23 heavy (non-hydrogen) atoms. The van der Waals surface area contributed by atoms with E-state index in [9.17, 15) is 4.39 Å². The molecular weight excluding hydrogens is 432 g/mol. The first-order valence-corrected chi connectivity index (χ1v) is 8.66. The Hall–Kier alpha value is -1.48. The molecule has 4 rings (SSSR count). The zero-order valence-corrected chi connectivity index (χ0v) is 14.9. The molecule has 0 N–H and O–H groups in total. The highest BCUT2D eigenvalue weighted by molar-refractivity contribution is 14.1. The average molecular weight is 444 g/mol. The van der Waals surface area contributed by atoms with Gasteiger partial charge in [0.25, 0.3) is 0 Å². The van der Waals surface area contributed by atoms with Crippen molar-refractivity contribution in [3.05, 3.63) is 50.8 Å². The largest absolute Gasteiger partial charge is 0.349 e. The lowest BCUT2D eigenvalue weighted by molar-refractivity contribution is 0.610. The van der Waals surface area contributed by atoms with Gasteiger partial charge in [0.15, 0.2) is 5.65 Å². The number of pyridine rings is 1. The van der Waals surface area contributed by atoms with Crippen LogP contribution >= 0.6 is 34.2 Å². The number of rotatable bonds is 2. The molecule has 0 bridgehead atoms. The maximum Gasteiger partial charge on any atom is 0.170 e. The van der Waals surface area contributed by atoms with Crippen LogP contribution in [0.5, 0.6) is 0 Å². The minimum Gasteiger partial charge on any atom is -0.349 e. The molecular formula is C15H12ClFIN5. The molecule has 3 aromatic heterocycles. The fourth-order valence-corrected chi connectivity index (χ4v) is 3.75. The lowest BCUT2D eigenvalue weighted by Crippen LogP contribution is -2.24. The lowest BCUT2D eigenvalue weighted by atomic mass is 10.1. The summed E-state index contributed by atoms with van der Waals surface area (Å²) in [6, 6.07) is 3.38. The van der Waals surface area contributed by atoms with E-state index >= 15 is 0 Å². The van der Waals surface area contributed by atoms with Crippen LogP contribution in [0.4, 0.5) is 10.2 Å². The Morgan fingerprint density at radius 2 is 2.22 bits per heavy atom.